The Kier molecular flexibility index (Phi) is 6.49. The minimum Gasteiger partial charge on any atom is -0.454 e. The molecule has 0 aliphatic carbocycles. The number of imidazole rings is 1. The molecule has 5 rings (SSSR count). The summed E-state index contributed by atoms with van der Waals surface area (Å²) < 4.78 is 38.4. The molecular formula is C23H27N7O5S. The molecule has 0 saturated carbocycles. The zero-order chi connectivity index (χ0) is 25.3. The number of sulfonamides is 1. The summed E-state index contributed by atoms with van der Waals surface area (Å²) in [4.78, 5) is 28.0. The Morgan fingerprint density at radius 1 is 1.19 bits per heavy atom. The van der Waals surface area contributed by atoms with E-state index in [4.69, 9.17) is 9.47 Å². The Morgan fingerprint density at radius 2 is 2.03 bits per heavy atom. The summed E-state index contributed by atoms with van der Waals surface area (Å²) in [6.45, 7) is 2.94. The fourth-order valence-corrected chi connectivity index (χ4v) is 5.24. The molecule has 1 aromatic carbocycles. The maximum Gasteiger partial charge on any atom is 0.236 e. The monoisotopic (exact) mass is 513 g/mol. The maximum atomic E-state index is 13.1. The molecule has 12 nitrogen and oxygen atoms in total. The Labute approximate surface area is 208 Å². The second-order valence-electron chi connectivity index (χ2n) is 8.76. The number of nitrogens with one attached hydrogen (secondary N) is 1. The number of piperazine rings is 1. The molecule has 0 spiro atoms. The summed E-state index contributed by atoms with van der Waals surface area (Å²) >= 11 is 0. The molecule has 1 amide bonds. The zero-order valence-corrected chi connectivity index (χ0v) is 20.8. The Hall–Kier alpha value is -3.71. The van der Waals surface area contributed by atoms with Crippen molar-refractivity contribution >= 4 is 21.7 Å². The highest BCUT2D eigenvalue weighted by molar-refractivity contribution is 7.88. The fraction of sp³-hybridized carbons (Fsp3) is 0.391. The van der Waals surface area contributed by atoms with Gasteiger partial charge in [-0.1, -0.05) is 6.07 Å². The summed E-state index contributed by atoms with van der Waals surface area (Å²) in [6.07, 6.45) is 7.88. The topological polar surface area (TPSA) is 132 Å². The van der Waals surface area contributed by atoms with E-state index in [1.54, 1.807) is 35.6 Å². The first-order chi connectivity index (χ1) is 17.3. The molecule has 2 aromatic heterocycles. The number of benzene rings is 1. The van der Waals surface area contributed by atoms with Crippen molar-refractivity contribution in [2.75, 3.05) is 37.6 Å². The number of hydrogen-bond acceptors (Lipinski definition) is 9. The molecule has 190 valence electrons. The summed E-state index contributed by atoms with van der Waals surface area (Å²) in [5.41, 5.74) is 0.881. The molecule has 3 aromatic rings. The van der Waals surface area contributed by atoms with Gasteiger partial charge in [-0.15, -0.1) is 0 Å². The van der Waals surface area contributed by atoms with E-state index in [2.05, 4.69) is 20.3 Å². The molecule has 0 bridgehead atoms. The Morgan fingerprint density at radius 3 is 2.81 bits per heavy atom. The molecule has 2 aliphatic heterocycles. The van der Waals surface area contributed by atoms with Crippen molar-refractivity contribution in [1.29, 1.82) is 0 Å². The number of aromatic nitrogens is 4. The third kappa shape index (κ3) is 5.11. The average Bonchev–Trinajstić information content (AvgIpc) is 3.55. The zero-order valence-electron chi connectivity index (χ0n) is 19.9. The van der Waals surface area contributed by atoms with Gasteiger partial charge in [0.25, 0.3) is 0 Å². The molecule has 1 saturated heterocycles. The summed E-state index contributed by atoms with van der Waals surface area (Å²) in [7, 11) is -3.41. The predicted molar refractivity (Wildman–Crippen MR) is 130 cm³/mol. The SMILES string of the molecule is CC(NC(=O)CC1CN(S(C)(=O)=O)CCN1c1ccnc(-n2ccnc2)n1)c1ccc2c(c1)OCO2. The van der Waals surface area contributed by atoms with E-state index >= 15 is 0 Å². The van der Waals surface area contributed by atoms with Gasteiger partial charge in [0.2, 0.25) is 28.7 Å². The number of fused-ring (bicyclic) bond motifs is 1. The van der Waals surface area contributed by atoms with Crippen LogP contribution in [-0.2, 0) is 14.8 Å². The van der Waals surface area contributed by atoms with Crippen molar-refractivity contribution in [3.05, 3.63) is 54.7 Å². The van der Waals surface area contributed by atoms with Crippen molar-refractivity contribution in [2.45, 2.75) is 25.4 Å². The lowest BCUT2D eigenvalue weighted by Crippen LogP contribution is -2.56. The van der Waals surface area contributed by atoms with Gasteiger partial charge in [0.05, 0.1) is 18.3 Å². The number of carbonyl (C=O) groups excluding carboxylic acids is 1. The quantitative estimate of drug-likeness (QED) is 0.493. The van der Waals surface area contributed by atoms with Crippen LogP contribution in [0.25, 0.3) is 5.95 Å². The van der Waals surface area contributed by atoms with Crippen LogP contribution in [0.5, 0.6) is 11.5 Å². The van der Waals surface area contributed by atoms with E-state index in [1.165, 1.54) is 10.6 Å². The number of anilines is 1. The molecule has 4 heterocycles. The Balaban J connectivity index is 1.33. The van der Waals surface area contributed by atoms with Crippen molar-refractivity contribution in [3.8, 4) is 17.4 Å². The molecule has 2 aliphatic rings. The van der Waals surface area contributed by atoms with Gasteiger partial charge < -0.3 is 19.7 Å². The van der Waals surface area contributed by atoms with Crippen LogP contribution < -0.4 is 19.7 Å². The van der Waals surface area contributed by atoms with Crippen molar-refractivity contribution in [1.82, 2.24) is 29.1 Å². The van der Waals surface area contributed by atoms with Crippen molar-refractivity contribution < 1.29 is 22.7 Å². The lowest BCUT2D eigenvalue weighted by molar-refractivity contribution is -0.122. The first-order valence-corrected chi connectivity index (χ1v) is 13.3. The summed E-state index contributed by atoms with van der Waals surface area (Å²) in [5, 5.41) is 3.02. The third-order valence-electron chi connectivity index (χ3n) is 6.27. The van der Waals surface area contributed by atoms with Crippen LogP contribution in [0.4, 0.5) is 5.82 Å². The number of amides is 1. The van der Waals surface area contributed by atoms with E-state index in [1.807, 2.05) is 30.0 Å². The number of ether oxygens (including phenoxy) is 2. The second-order valence-corrected chi connectivity index (χ2v) is 10.7. The fourth-order valence-electron chi connectivity index (χ4n) is 4.39. The standard InChI is InChI=1S/C23H27N7O5S/c1-16(17-3-4-19-20(11-17)35-15-34-19)26-22(31)12-18-13-29(36(2,32)33)9-10-30(18)21-5-6-25-23(27-21)28-8-7-24-14-28/h3-8,11,14,16,18H,9-10,12-13,15H2,1-2H3,(H,26,31). The van der Waals surface area contributed by atoms with Crippen molar-refractivity contribution in [2.24, 2.45) is 0 Å². The summed E-state index contributed by atoms with van der Waals surface area (Å²) in [5.74, 6) is 2.18. The maximum absolute atomic E-state index is 13.1. The van der Waals surface area contributed by atoms with Crippen LogP contribution in [0.2, 0.25) is 0 Å². The van der Waals surface area contributed by atoms with E-state index < -0.39 is 16.1 Å². The van der Waals surface area contributed by atoms with Gasteiger partial charge in [0, 0.05) is 44.6 Å². The van der Waals surface area contributed by atoms with Crippen LogP contribution in [-0.4, -0.2) is 76.9 Å². The summed E-state index contributed by atoms with van der Waals surface area (Å²) in [6, 6.07) is 6.63. The normalized spacial score (nSPS) is 18.7. The molecule has 1 fully saturated rings. The molecule has 2 atom stereocenters. The predicted octanol–water partition coefficient (Wildman–Crippen LogP) is 1.11. The van der Waals surface area contributed by atoms with Crippen LogP contribution in [0.3, 0.4) is 0 Å². The number of nitrogens with zero attached hydrogens (tertiary/aromatic N) is 6. The molecule has 1 N–H and O–H groups in total. The number of carbonyl (C=O) groups is 1. The first-order valence-electron chi connectivity index (χ1n) is 11.5. The molecule has 0 radical (unpaired) electrons. The van der Waals surface area contributed by atoms with Gasteiger partial charge in [0.15, 0.2) is 11.5 Å². The van der Waals surface area contributed by atoms with Crippen LogP contribution in [0.1, 0.15) is 24.9 Å². The number of hydrogen-bond donors (Lipinski definition) is 1. The molecule has 36 heavy (non-hydrogen) atoms. The van der Waals surface area contributed by atoms with Gasteiger partial charge in [-0.2, -0.15) is 9.29 Å². The van der Waals surface area contributed by atoms with Gasteiger partial charge in [-0.25, -0.2) is 18.4 Å². The highest BCUT2D eigenvalue weighted by atomic mass is 32.2. The van der Waals surface area contributed by atoms with Gasteiger partial charge in [-0.3, -0.25) is 9.36 Å². The lowest BCUT2D eigenvalue weighted by atomic mass is 10.1. The van der Waals surface area contributed by atoms with Crippen molar-refractivity contribution in [3.63, 3.8) is 0 Å². The smallest absolute Gasteiger partial charge is 0.236 e. The molecule has 2 unspecified atom stereocenters. The third-order valence-corrected chi connectivity index (χ3v) is 7.54. The highest BCUT2D eigenvalue weighted by Gasteiger charge is 2.34. The molecular weight excluding hydrogens is 486 g/mol. The van der Waals surface area contributed by atoms with E-state index in [-0.39, 0.29) is 31.7 Å². The Bertz CT molecular complexity index is 1350. The largest absolute Gasteiger partial charge is 0.454 e. The van der Waals surface area contributed by atoms with Crippen LogP contribution >= 0.6 is 0 Å². The molecule has 13 heteroatoms. The number of rotatable bonds is 7. The first kappa shape index (κ1) is 24.0. The van der Waals surface area contributed by atoms with Gasteiger partial charge >= 0.3 is 0 Å². The van der Waals surface area contributed by atoms with Crippen LogP contribution in [0, 0.1) is 0 Å². The van der Waals surface area contributed by atoms with Gasteiger partial charge in [-0.05, 0) is 30.7 Å². The minimum absolute atomic E-state index is 0.0886. The average molecular weight is 514 g/mol. The highest BCUT2D eigenvalue weighted by Crippen LogP contribution is 2.34. The van der Waals surface area contributed by atoms with E-state index in [9.17, 15) is 13.2 Å². The van der Waals surface area contributed by atoms with E-state index in [0.717, 1.165) is 5.56 Å². The lowest BCUT2D eigenvalue weighted by Gasteiger charge is -2.41. The van der Waals surface area contributed by atoms with E-state index in [0.29, 0.717) is 36.4 Å². The van der Waals surface area contributed by atoms with Crippen LogP contribution in [0.15, 0.2) is 49.2 Å². The minimum atomic E-state index is -3.41. The van der Waals surface area contributed by atoms with Gasteiger partial charge in [0.1, 0.15) is 12.1 Å². The second kappa shape index (κ2) is 9.74.